The smallest absolute Gasteiger partial charge is 0.287 e. The Bertz CT molecular complexity index is 1070. The normalized spacial score (nSPS) is 12.2. The molecule has 0 aliphatic rings. The van der Waals surface area contributed by atoms with Crippen molar-refractivity contribution in [1.29, 1.82) is 0 Å². The molecule has 1 atom stereocenters. The summed E-state index contributed by atoms with van der Waals surface area (Å²) in [7, 11) is 0. The number of hydrogen-bond acceptors (Lipinski definition) is 4. The van der Waals surface area contributed by atoms with Crippen molar-refractivity contribution in [3.8, 4) is 11.3 Å². The second-order valence-corrected chi connectivity index (χ2v) is 5.85. The maximum atomic E-state index is 13.0. The molecule has 4 aromatic rings. The van der Waals surface area contributed by atoms with Gasteiger partial charge in [0.25, 0.3) is 5.91 Å². The molecule has 3 heterocycles. The zero-order valence-corrected chi connectivity index (χ0v) is 13.9. The zero-order valence-electron chi connectivity index (χ0n) is 13.9. The highest BCUT2D eigenvalue weighted by Crippen LogP contribution is 2.23. The third kappa shape index (κ3) is 2.95. The summed E-state index contributed by atoms with van der Waals surface area (Å²) in [6.45, 7) is 1.82. The molecule has 0 aliphatic carbocycles. The molecule has 26 heavy (non-hydrogen) atoms. The number of fused-ring (bicyclic) bond motifs is 1. The van der Waals surface area contributed by atoms with Crippen molar-refractivity contribution in [3.63, 3.8) is 0 Å². The largest absolute Gasteiger partial charge is 0.451 e. The Hall–Kier alpha value is -3.48. The van der Waals surface area contributed by atoms with Gasteiger partial charge in [0.15, 0.2) is 17.2 Å². The highest BCUT2D eigenvalue weighted by Gasteiger charge is 2.19. The van der Waals surface area contributed by atoms with E-state index in [9.17, 15) is 9.18 Å². The van der Waals surface area contributed by atoms with Crippen LogP contribution in [0.1, 0.15) is 29.3 Å². The molecule has 0 aliphatic heterocycles. The number of pyridine rings is 1. The second-order valence-electron chi connectivity index (χ2n) is 5.85. The van der Waals surface area contributed by atoms with Crippen molar-refractivity contribution >= 4 is 11.6 Å². The standard InChI is InChI=1S/C19H15FN4O2/c1-12(18-23-22-17-4-2-3-11-24(17)18)21-19(25)16-10-9-15(26-16)13-5-7-14(20)8-6-13/h2-12H,1H3,(H,21,25)/t12-/m0/s1. The van der Waals surface area contributed by atoms with Crippen molar-refractivity contribution in [2.45, 2.75) is 13.0 Å². The van der Waals surface area contributed by atoms with Gasteiger partial charge < -0.3 is 9.73 Å². The third-order valence-corrected chi connectivity index (χ3v) is 4.03. The zero-order chi connectivity index (χ0) is 18.1. The van der Waals surface area contributed by atoms with Gasteiger partial charge in [-0.1, -0.05) is 6.07 Å². The summed E-state index contributed by atoms with van der Waals surface area (Å²) < 4.78 is 20.4. The number of furan rings is 1. The van der Waals surface area contributed by atoms with Crippen LogP contribution in [0.25, 0.3) is 17.0 Å². The van der Waals surface area contributed by atoms with E-state index in [1.54, 1.807) is 24.3 Å². The number of hydrogen-bond donors (Lipinski definition) is 1. The molecular formula is C19H15FN4O2. The summed E-state index contributed by atoms with van der Waals surface area (Å²) in [6.07, 6.45) is 1.84. The Balaban J connectivity index is 1.52. The van der Waals surface area contributed by atoms with Crippen molar-refractivity contribution in [2.75, 3.05) is 0 Å². The first-order chi connectivity index (χ1) is 12.6. The Morgan fingerprint density at radius 2 is 1.92 bits per heavy atom. The van der Waals surface area contributed by atoms with E-state index in [4.69, 9.17) is 4.42 Å². The molecule has 1 N–H and O–H groups in total. The number of aromatic nitrogens is 3. The topological polar surface area (TPSA) is 72.4 Å². The number of benzene rings is 1. The van der Waals surface area contributed by atoms with E-state index in [1.165, 1.54) is 12.1 Å². The van der Waals surface area contributed by atoms with Gasteiger partial charge in [0.05, 0.1) is 6.04 Å². The molecule has 0 radical (unpaired) electrons. The minimum absolute atomic E-state index is 0.171. The number of amides is 1. The number of carbonyl (C=O) groups excluding carboxylic acids is 1. The molecule has 0 saturated carbocycles. The van der Waals surface area contributed by atoms with Crippen LogP contribution in [0.5, 0.6) is 0 Å². The van der Waals surface area contributed by atoms with E-state index in [0.29, 0.717) is 22.8 Å². The minimum Gasteiger partial charge on any atom is -0.451 e. The molecule has 1 amide bonds. The van der Waals surface area contributed by atoms with Crippen LogP contribution in [-0.4, -0.2) is 20.5 Å². The van der Waals surface area contributed by atoms with Gasteiger partial charge >= 0.3 is 0 Å². The fourth-order valence-electron chi connectivity index (χ4n) is 2.72. The lowest BCUT2D eigenvalue weighted by Gasteiger charge is -2.11. The first kappa shape index (κ1) is 16.0. The molecular weight excluding hydrogens is 335 g/mol. The first-order valence-corrected chi connectivity index (χ1v) is 8.08. The van der Waals surface area contributed by atoms with Crippen LogP contribution in [-0.2, 0) is 0 Å². The molecule has 6 nitrogen and oxygen atoms in total. The summed E-state index contributed by atoms with van der Waals surface area (Å²) in [5.74, 6) is 0.603. The molecule has 130 valence electrons. The van der Waals surface area contributed by atoms with Crippen molar-refractivity contribution in [1.82, 2.24) is 19.9 Å². The molecule has 0 bridgehead atoms. The summed E-state index contributed by atoms with van der Waals surface area (Å²) in [6, 6.07) is 14.4. The van der Waals surface area contributed by atoms with Crippen LogP contribution in [0.3, 0.4) is 0 Å². The lowest BCUT2D eigenvalue weighted by Crippen LogP contribution is -2.27. The average molecular weight is 350 g/mol. The molecule has 4 rings (SSSR count). The SMILES string of the molecule is C[C@H](NC(=O)c1ccc(-c2ccc(F)cc2)o1)c1nnc2ccccn12. The van der Waals surface area contributed by atoms with Gasteiger partial charge in [-0.2, -0.15) is 0 Å². The quantitative estimate of drug-likeness (QED) is 0.610. The monoisotopic (exact) mass is 350 g/mol. The van der Waals surface area contributed by atoms with Crippen molar-refractivity contribution < 1.29 is 13.6 Å². The number of nitrogens with one attached hydrogen (secondary N) is 1. The molecule has 1 aromatic carbocycles. The second kappa shape index (κ2) is 6.44. The van der Waals surface area contributed by atoms with Gasteiger partial charge in [-0.15, -0.1) is 10.2 Å². The number of carbonyl (C=O) groups is 1. The fourth-order valence-corrected chi connectivity index (χ4v) is 2.72. The maximum Gasteiger partial charge on any atom is 0.287 e. The molecule has 3 aromatic heterocycles. The Morgan fingerprint density at radius 3 is 2.73 bits per heavy atom. The first-order valence-electron chi connectivity index (χ1n) is 8.08. The van der Waals surface area contributed by atoms with Crippen LogP contribution in [0.15, 0.2) is 65.2 Å². The highest BCUT2D eigenvalue weighted by molar-refractivity contribution is 5.92. The summed E-state index contributed by atoms with van der Waals surface area (Å²) >= 11 is 0. The van der Waals surface area contributed by atoms with E-state index in [1.807, 2.05) is 35.7 Å². The Kier molecular flexibility index (Phi) is 3.96. The Labute approximate surface area is 148 Å². The van der Waals surface area contributed by atoms with Crippen molar-refractivity contribution in [3.05, 3.63) is 78.2 Å². The Morgan fingerprint density at radius 1 is 1.12 bits per heavy atom. The fraction of sp³-hybridized carbons (Fsp3) is 0.105. The minimum atomic E-state index is -0.362. The predicted molar refractivity (Wildman–Crippen MR) is 93.0 cm³/mol. The highest BCUT2D eigenvalue weighted by atomic mass is 19.1. The van der Waals surface area contributed by atoms with Crippen LogP contribution < -0.4 is 5.32 Å². The van der Waals surface area contributed by atoms with Gasteiger partial charge in [0.1, 0.15) is 11.6 Å². The summed E-state index contributed by atoms with van der Waals surface area (Å²) in [5, 5.41) is 11.1. The lowest BCUT2D eigenvalue weighted by atomic mass is 10.2. The van der Waals surface area contributed by atoms with Crippen LogP contribution in [0.2, 0.25) is 0 Å². The average Bonchev–Trinajstić information content (AvgIpc) is 3.30. The van der Waals surface area contributed by atoms with Crippen LogP contribution >= 0.6 is 0 Å². The molecule has 0 unspecified atom stereocenters. The number of halogens is 1. The molecule has 0 fully saturated rings. The predicted octanol–water partition coefficient (Wildman–Crippen LogP) is 3.62. The summed E-state index contributed by atoms with van der Waals surface area (Å²) in [4.78, 5) is 12.5. The van der Waals surface area contributed by atoms with E-state index in [2.05, 4.69) is 15.5 Å². The van der Waals surface area contributed by atoms with E-state index < -0.39 is 0 Å². The van der Waals surface area contributed by atoms with Crippen LogP contribution in [0.4, 0.5) is 4.39 Å². The van der Waals surface area contributed by atoms with E-state index in [-0.39, 0.29) is 23.5 Å². The number of nitrogens with zero attached hydrogens (tertiary/aromatic N) is 3. The molecule has 0 spiro atoms. The molecule has 7 heteroatoms. The maximum absolute atomic E-state index is 13.0. The van der Waals surface area contributed by atoms with E-state index in [0.717, 1.165) is 0 Å². The summed E-state index contributed by atoms with van der Waals surface area (Å²) in [5.41, 5.74) is 1.40. The van der Waals surface area contributed by atoms with Gasteiger partial charge in [0, 0.05) is 11.8 Å². The lowest BCUT2D eigenvalue weighted by molar-refractivity contribution is 0.0911. The molecule has 0 saturated heterocycles. The van der Waals surface area contributed by atoms with E-state index >= 15 is 0 Å². The van der Waals surface area contributed by atoms with Gasteiger partial charge in [-0.05, 0) is 55.5 Å². The van der Waals surface area contributed by atoms with Gasteiger partial charge in [-0.3, -0.25) is 9.20 Å². The van der Waals surface area contributed by atoms with Crippen LogP contribution in [0, 0.1) is 5.82 Å². The van der Waals surface area contributed by atoms with Gasteiger partial charge in [-0.25, -0.2) is 4.39 Å². The third-order valence-electron chi connectivity index (χ3n) is 4.03. The van der Waals surface area contributed by atoms with Gasteiger partial charge in [0.2, 0.25) is 0 Å². The van der Waals surface area contributed by atoms with Crippen molar-refractivity contribution in [2.24, 2.45) is 0 Å². The number of rotatable bonds is 4.